The molecule has 3 atom stereocenters. The highest BCUT2D eigenvalue weighted by Crippen LogP contribution is 2.44. The average molecular weight is 536 g/mol. The van der Waals surface area contributed by atoms with Crippen molar-refractivity contribution < 1.29 is 14.3 Å². The van der Waals surface area contributed by atoms with Gasteiger partial charge in [-0.05, 0) is 86.8 Å². The molecule has 1 N–H and O–H groups in total. The summed E-state index contributed by atoms with van der Waals surface area (Å²) >= 11 is 0. The van der Waals surface area contributed by atoms with Crippen molar-refractivity contribution in [3.05, 3.63) is 95.6 Å². The van der Waals surface area contributed by atoms with Gasteiger partial charge in [0.05, 0.1) is 7.11 Å². The summed E-state index contributed by atoms with van der Waals surface area (Å²) in [5.74, 6) is 7.73. The number of hydrogen-bond donors (Lipinski definition) is 1. The normalized spacial score (nSPS) is 20.6. The molecule has 6 heteroatoms. The summed E-state index contributed by atoms with van der Waals surface area (Å²) in [6.45, 7) is 4.05. The quantitative estimate of drug-likeness (QED) is 0.398. The van der Waals surface area contributed by atoms with Gasteiger partial charge in [-0.3, -0.25) is 4.90 Å². The zero-order valence-corrected chi connectivity index (χ0v) is 23.3. The van der Waals surface area contributed by atoms with Crippen molar-refractivity contribution in [2.24, 2.45) is 0 Å². The Labute approximate surface area is 237 Å². The fraction of sp³-hybridized carbons (Fsp3) is 0.353. The second-order valence-corrected chi connectivity index (χ2v) is 10.7. The Kier molecular flexibility index (Phi) is 8.83. The lowest BCUT2D eigenvalue weighted by Crippen LogP contribution is -2.67. The highest BCUT2D eigenvalue weighted by Gasteiger charge is 2.49. The smallest absolute Gasteiger partial charge is 0.321 e. The largest absolute Gasteiger partial charge is 0.497 e. The lowest BCUT2D eigenvalue weighted by molar-refractivity contribution is -0.118. The molecule has 2 heterocycles. The molecule has 2 fully saturated rings. The van der Waals surface area contributed by atoms with Gasteiger partial charge in [-0.25, -0.2) is 4.79 Å². The second-order valence-electron chi connectivity index (χ2n) is 10.7. The molecule has 0 spiro atoms. The SMILES string of the molecule is COc1ccc(NC(=O)N2CCCCN3[C@H](CCC(C)=O)[C@H](c4ccc(C#Cc5ccccc5)cc4)[C@@H]3C2)cc1. The van der Waals surface area contributed by atoms with Crippen LogP contribution in [0.1, 0.15) is 55.2 Å². The van der Waals surface area contributed by atoms with Crippen LogP contribution in [0.4, 0.5) is 10.5 Å². The van der Waals surface area contributed by atoms with E-state index in [0.29, 0.717) is 19.0 Å². The zero-order chi connectivity index (χ0) is 27.9. The molecule has 40 heavy (non-hydrogen) atoms. The predicted octanol–water partition coefficient (Wildman–Crippen LogP) is 5.93. The highest BCUT2D eigenvalue weighted by molar-refractivity contribution is 5.89. The molecule has 0 saturated carbocycles. The number of urea groups is 1. The number of nitrogens with one attached hydrogen (secondary N) is 1. The summed E-state index contributed by atoms with van der Waals surface area (Å²) in [4.78, 5) is 29.7. The third-order valence-electron chi connectivity index (χ3n) is 8.02. The molecule has 2 aliphatic heterocycles. The minimum absolute atomic E-state index is 0.0792. The molecule has 3 aromatic carbocycles. The minimum atomic E-state index is -0.0792. The number of rotatable bonds is 6. The number of hydrogen-bond acceptors (Lipinski definition) is 4. The number of nitrogens with zero attached hydrogens (tertiary/aromatic N) is 2. The van der Waals surface area contributed by atoms with Crippen molar-refractivity contribution in [1.82, 2.24) is 9.80 Å². The van der Waals surface area contributed by atoms with E-state index in [1.165, 1.54) is 5.56 Å². The number of ether oxygens (including phenoxy) is 1. The molecule has 6 nitrogen and oxygen atoms in total. The summed E-state index contributed by atoms with van der Waals surface area (Å²) in [5, 5.41) is 3.06. The fourth-order valence-corrected chi connectivity index (χ4v) is 5.93. The molecular weight excluding hydrogens is 498 g/mol. The molecular formula is C34H37N3O3. The van der Waals surface area contributed by atoms with Gasteiger partial charge in [-0.2, -0.15) is 0 Å². The summed E-state index contributed by atoms with van der Waals surface area (Å²) in [6.07, 6.45) is 3.40. The molecule has 0 aromatic heterocycles. The maximum absolute atomic E-state index is 13.3. The van der Waals surface area contributed by atoms with Crippen molar-refractivity contribution in [3.8, 4) is 17.6 Å². The van der Waals surface area contributed by atoms with E-state index in [4.69, 9.17) is 4.74 Å². The molecule has 0 bridgehead atoms. The van der Waals surface area contributed by atoms with Gasteiger partial charge in [-0.15, -0.1) is 0 Å². The fourth-order valence-electron chi connectivity index (χ4n) is 5.93. The molecule has 0 radical (unpaired) electrons. The zero-order valence-electron chi connectivity index (χ0n) is 23.3. The van der Waals surface area contributed by atoms with Gasteiger partial charge >= 0.3 is 6.03 Å². The first-order chi connectivity index (χ1) is 19.5. The lowest BCUT2D eigenvalue weighted by Gasteiger charge is -2.58. The van der Waals surface area contributed by atoms with Crippen molar-refractivity contribution in [2.75, 3.05) is 32.1 Å². The summed E-state index contributed by atoms with van der Waals surface area (Å²) < 4.78 is 5.24. The number of fused-ring (bicyclic) bond motifs is 1. The van der Waals surface area contributed by atoms with Gasteiger partial charge in [0.25, 0.3) is 0 Å². The summed E-state index contributed by atoms with van der Waals surface area (Å²) in [7, 11) is 1.63. The first kappa shape index (κ1) is 27.5. The van der Waals surface area contributed by atoms with Crippen molar-refractivity contribution in [3.63, 3.8) is 0 Å². The van der Waals surface area contributed by atoms with Crippen LogP contribution in [0.5, 0.6) is 5.75 Å². The van der Waals surface area contributed by atoms with Crippen LogP contribution in [-0.2, 0) is 4.79 Å². The first-order valence-corrected chi connectivity index (χ1v) is 14.1. The number of amides is 2. The number of carbonyl (C=O) groups excluding carboxylic acids is 2. The van der Waals surface area contributed by atoms with E-state index in [1.807, 2.05) is 59.5 Å². The number of methoxy groups -OCH3 is 1. The average Bonchev–Trinajstić information content (AvgIpc) is 2.96. The lowest BCUT2D eigenvalue weighted by atomic mass is 9.72. The number of Topliss-reactive ketones (excluding diaryl/α,β-unsaturated/α-hetero) is 1. The van der Waals surface area contributed by atoms with Crippen LogP contribution in [0, 0.1) is 11.8 Å². The van der Waals surface area contributed by atoms with Gasteiger partial charge in [0.15, 0.2) is 0 Å². The van der Waals surface area contributed by atoms with Crippen LogP contribution in [-0.4, -0.2) is 60.4 Å². The van der Waals surface area contributed by atoms with E-state index in [-0.39, 0.29) is 23.8 Å². The number of anilines is 1. The Morgan fingerprint density at radius 2 is 1.57 bits per heavy atom. The van der Waals surface area contributed by atoms with Crippen molar-refractivity contribution in [1.29, 1.82) is 0 Å². The van der Waals surface area contributed by atoms with E-state index < -0.39 is 0 Å². The molecule has 2 saturated heterocycles. The molecule has 0 unspecified atom stereocenters. The van der Waals surface area contributed by atoms with E-state index >= 15 is 0 Å². The standard InChI is InChI=1S/C34H37N3O3/c1-25(38)10-21-31-33(28-15-13-27(14-16-28)12-11-26-8-4-3-5-9-26)32-24-36(22-6-7-23-37(31)32)34(39)35-29-17-19-30(40-2)20-18-29/h3-5,8-9,13-20,31-33H,6-7,10,21-24H2,1-2H3,(H,35,39)/t31-,32+,33+/m1/s1. The Balaban J connectivity index is 1.34. The van der Waals surface area contributed by atoms with Gasteiger partial charge in [-0.1, -0.05) is 42.2 Å². The van der Waals surface area contributed by atoms with Crippen molar-refractivity contribution in [2.45, 2.75) is 50.6 Å². The van der Waals surface area contributed by atoms with Gasteiger partial charge in [0.1, 0.15) is 11.5 Å². The molecule has 5 rings (SSSR count). The number of benzene rings is 3. The number of ketones is 1. The minimum Gasteiger partial charge on any atom is -0.497 e. The van der Waals surface area contributed by atoms with Crippen LogP contribution in [0.15, 0.2) is 78.9 Å². The molecule has 206 valence electrons. The molecule has 2 amide bonds. The van der Waals surface area contributed by atoms with E-state index in [9.17, 15) is 9.59 Å². The number of carbonyl (C=O) groups is 2. The van der Waals surface area contributed by atoms with E-state index in [0.717, 1.165) is 54.9 Å². The Morgan fingerprint density at radius 3 is 2.25 bits per heavy atom. The Morgan fingerprint density at radius 1 is 0.900 bits per heavy atom. The van der Waals surface area contributed by atoms with E-state index in [1.54, 1.807) is 14.0 Å². The maximum atomic E-state index is 13.3. The third-order valence-corrected chi connectivity index (χ3v) is 8.02. The molecule has 2 aliphatic rings. The van der Waals surface area contributed by atoms with Crippen LogP contribution < -0.4 is 10.1 Å². The first-order valence-electron chi connectivity index (χ1n) is 14.1. The summed E-state index contributed by atoms with van der Waals surface area (Å²) in [6, 6.07) is 26.4. The van der Waals surface area contributed by atoms with Crippen LogP contribution in [0.25, 0.3) is 0 Å². The third kappa shape index (κ3) is 6.55. The maximum Gasteiger partial charge on any atom is 0.321 e. The molecule has 3 aromatic rings. The van der Waals surface area contributed by atoms with Gasteiger partial charge < -0.3 is 19.7 Å². The van der Waals surface area contributed by atoms with Crippen LogP contribution >= 0.6 is 0 Å². The second kappa shape index (κ2) is 12.8. The van der Waals surface area contributed by atoms with E-state index in [2.05, 4.69) is 46.3 Å². The van der Waals surface area contributed by atoms with Gasteiger partial charge in [0.2, 0.25) is 0 Å². The Hall–Kier alpha value is -4.08. The van der Waals surface area contributed by atoms with Crippen LogP contribution in [0.2, 0.25) is 0 Å². The Bertz CT molecular complexity index is 1360. The van der Waals surface area contributed by atoms with Gasteiger partial charge in [0, 0.05) is 54.3 Å². The monoisotopic (exact) mass is 535 g/mol. The topological polar surface area (TPSA) is 61.9 Å². The molecule has 0 aliphatic carbocycles. The predicted molar refractivity (Wildman–Crippen MR) is 159 cm³/mol. The van der Waals surface area contributed by atoms with Crippen molar-refractivity contribution >= 4 is 17.5 Å². The summed E-state index contributed by atoms with van der Waals surface area (Å²) in [5.41, 5.74) is 3.97. The van der Waals surface area contributed by atoms with Crippen LogP contribution in [0.3, 0.4) is 0 Å². The highest BCUT2D eigenvalue weighted by atomic mass is 16.5.